The first-order valence-corrected chi connectivity index (χ1v) is 3.59. The first-order chi connectivity index (χ1) is 5.29. The first-order valence-electron chi connectivity index (χ1n) is 3.59. The Morgan fingerprint density at radius 1 is 1.18 bits per heavy atom. The van der Waals surface area contributed by atoms with E-state index in [1.54, 1.807) is 4.90 Å². The summed E-state index contributed by atoms with van der Waals surface area (Å²) < 4.78 is 4.74. The Morgan fingerprint density at radius 3 is 1.91 bits per heavy atom. The molecular weight excluding hydrogens is 150 g/mol. The quantitative estimate of drug-likeness (QED) is 0.407. The predicted molar refractivity (Wildman–Crippen MR) is 36.6 cm³/mol. The largest absolute Gasteiger partial charge is 0.395 e. The van der Waals surface area contributed by atoms with Gasteiger partial charge >= 0.3 is 0 Å². The van der Waals surface area contributed by atoms with Gasteiger partial charge in [-0.2, -0.15) is 0 Å². The Hall–Kier alpha value is -0.200. The van der Waals surface area contributed by atoms with Crippen molar-refractivity contribution >= 4 is 0 Å². The lowest BCUT2D eigenvalue weighted by molar-refractivity contribution is 0.114. The van der Waals surface area contributed by atoms with Crippen molar-refractivity contribution in [1.82, 2.24) is 4.90 Å². The van der Waals surface area contributed by atoms with E-state index in [-0.39, 0.29) is 19.4 Å². The number of hydrogen-bond acceptors (Lipinski definition) is 5. The fraction of sp³-hybridized carbons (Fsp3) is 1.00. The average Bonchev–Trinajstić information content (AvgIpc) is 2.67. The van der Waals surface area contributed by atoms with Crippen molar-refractivity contribution in [2.75, 3.05) is 26.3 Å². The zero-order valence-electron chi connectivity index (χ0n) is 6.18. The molecule has 0 radical (unpaired) electrons. The molecule has 0 spiro atoms. The Bertz CT molecular complexity index is 115. The molecule has 0 amide bonds. The van der Waals surface area contributed by atoms with Gasteiger partial charge < -0.3 is 20.1 Å². The lowest BCUT2D eigenvalue weighted by Crippen LogP contribution is -2.33. The second kappa shape index (κ2) is 3.99. The van der Waals surface area contributed by atoms with E-state index in [4.69, 9.17) is 20.1 Å². The summed E-state index contributed by atoms with van der Waals surface area (Å²) in [6, 6.07) is 0. The Morgan fingerprint density at radius 2 is 1.64 bits per heavy atom. The number of ether oxygens (including phenoxy) is 1. The molecule has 1 aliphatic rings. The molecular formula is C6H13NO4. The highest BCUT2D eigenvalue weighted by Gasteiger charge is 2.41. The number of epoxide rings is 1. The van der Waals surface area contributed by atoms with Crippen LogP contribution in [-0.4, -0.2) is 59.0 Å². The molecule has 1 saturated heterocycles. The molecule has 1 fully saturated rings. The molecule has 0 saturated carbocycles. The van der Waals surface area contributed by atoms with Crippen LogP contribution in [0.15, 0.2) is 0 Å². The van der Waals surface area contributed by atoms with Crippen molar-refractivity contribution in [3.8, 4) is 0 Å². The van der Waals surface area contributed by atoms with Crippen LogP contribution >= 0.6 is 0 Å². The highest BCUT2D eigenvalue weighted by Crippen LogP contribution is 2.22. The maximum Gasteiger partial charge on any atom is 0.197 e. The van der Waals surface area contributed by atoms with Crippen LogP contribution < -0.4 is 0 Å². The first kappa shape index (κ1) is 8.89. The number of rotatable bonds is 5. The van der Waals surface area contributed by atoms with Crippen LogP contribution in [0.1, 0.15) is 0 Å². The summed E-state index contributed by atoms with van der Waals surface area (Å²) in [5.41, 5.74) is 0. The smallest absolute Gasteiger partial charge is 0.197 e. The number of hydrogen-bond donors (Lipinski definition) is 3. The van der Waals surface area contributed by atoms with E-state index in [0.717, 1.165) is 0 Å². The minimum atomic E-state index is -0.743. The third-order valence-electron chi connectivity index (χ3n) is 1.58. The minimum absolute atomic E-state index is 0.00653. The van der Waals surface area contributed by atoms with E-state index < -0.39 is 6.29 Å². The van der Waals surface area contributed by atoms with Crippen molar-refractivity contribution < 1.29 is 20.1 Å². The summed E-state index contributed by atoms with van der Waals surface area (Å²) in [5.74, 6) is 0. The molecule has 3 N–H and O–H groups in total. The van der Waals surface area contributed by atoms with E-state index in [1.807, 2.05) is 0 Å². The van der Waals surface area contributed by atoms with Gasteiger partial charge in [0, 0.05) is 13.1 Å². The second-order valence-corrected chi connectivity index (χ2v) is 2.40. The summed E-state index contributed by atoms with van der Waals surface area (Å²) >= 11 is 0. The van der Waals surface area contributed by atoms with Crippen molar-refractivity contribution in [3.63, 3.8) is 0 Å². The maximum absolute atomic E-state index is 8.82. The monoisotopic (exact) mass is 163 g/mol. The number of aliphatic hydroxyl groups is 3. The zero-order valence-corrected chi connectivity index (χ0v) is 6.18. The SMILES string of the molecule is OCCN(CCO)C1OC1O. The molecule has 0 bridgehead atoms. The lowest BCUT2D eigenvalue weighted by Gasteiger charge is -2.16. The molecule has 0 aliphatic carbocycles. The van der Waals surface area contributed by atoms with Crippen LogP contribution in [0.5, 0.6) is 0 Å². The van der Waals surface area contributed by atoms with Crippen LogP contribution in [0, 0.1) is 0 Å². The average molecular weight is 163 g/mol. The molecule has 2 atom stereocenters. The summed E-state index contributed by atoms with van der Waals surface area (Å²) in [7, 11) is 0. The van der Waals surface area contributed by atoms with Crippen LogP contribution in [0.4, 0.5) is 0 Å². The zero-order chi connectivity index (χ0) is 8.27. The molecule has 66 valence electrons. The van der Waals surface area contributed by atoms with Gasteiger partial charge in [-0.15, -0.1) is 0 Å². The Balaban J connectivity index is 2.22. The van der Waals surface area contributed by atoms with E-state index >= 15 is 0 Å². The van der Waals surface area contributed by atoms with Gasteiger partial charge in [-0.1, -0.05) is 0 Å². The maximum atomic E-state index is 8.82. The fourth-order valence-corrected chi connectivity index (χ4v) is 0.987. The molecule has 0 aromatic rings. The molecule has 5 nitrogen and oxygen atoms in total. The molecule has 5 heteroatoms. The van der Waals surface area contributed by atoms with Gasteiger partial charge in [-0.05, 0) is 0 Å². The van der Waals surface area contributed by atoms with Crippen LogP contribution in [0.3, 0.4) is 0 Å². The molecule has 0 aromatic carbocycles. The van der Waals surface area contributed by atoms with Gasteiger partial charge in [-0.25, -0.2) is 0 Å². The van der Waals surface area contributed by atoms with E-state index in [2.05, 4.69) is 0 Å². The lowest BCUT2D eigenvalue weighted by atomic mass is 10.4. The summed E-state index contributed by atoms with van der Waals surface area (Å²) in [5, 5.41) is 26.0. The van der Waals surface area contributed by atoms with E-state index in [9.17, 15) is 0 Å². The van der Waals surface area contributed by atoms with Gasteiger partial charge in [0.25, 0.3) is 0 Å². The third kappa shape index (κ3) is 2.39. The molecule has 1 aliphatic heterocycles. The third-order valence-corrected chi connectivity index (χ3v) is 1.58. The molecule has 11 heavy (non-hydrogen) atoms. The van der Waals surface area contributed by atoms with Gasteiger partial charge in [0.15, 0.2) is 12.5 Å². The summed E-state index contributed by atoms with van der Waals surface area (Å²) in [6.45, 7) is 0.851. The predicted octanol–water partition coefficient (Wildman–Crippen LogP) is -2.05. The number of nitrogens with zero attached hydrogens (tertiary/aromatic N) is 1. The van der Waals surface area contributed by atoms with Gasteiger partial charge in [0.1, 0.15) is 0 Å². The second-order valence-electron chi connectivity index (χ2n) is 2.40. The molecule has 1 rings (SSSR count). The van der Waals surface area contributed by atoms with Crippen LogP contribution in [0.25, 0.3) is 0 Å². The number of aliphatic hydroxyl groups excluding tert-OH is 3. The highest BCUT2D eigenvalue weighted by molar-refractivity contribution is 4.76. The fourth-order valence-electron chi connectivity index (χ4n) is 0.987. The highest BCUT2D eigenvalue weighted by atomic mass is 16.7. The van der Waals surface area contributed by atoms with Gasteiger partial charge in [0.2, 0.25) is 0 Å². The standard InChI is InChI=1S/C6H13NO4/c8-3-1-7(2-4-9)5-6(10)11-5/h5-6,8-10H,1-4H2. The topological polar surface area (TPSA) is 76.5 Å². The van der Waals surface area contributed by atoms with Crippen molar-refractivity contribution in [2.45, 2.75) is 12.5 Å². The molecule has 2 unspecified atom stereocenters. The van der Waals surface area contributed by atoms with Crippen molar-refractivity contribution in [3.05, 3.63) is 0 Å². The minimum Gasteiger partial charge on any atom is -0.395 e. The Kier molecular flexibility index (Phi) is 3.22. The normalized spacial score (nSPS) is 29.5. The Labute approximate surface area is 64.8 Å². The van der Waals surface area contributed by atoms with E-state index in [1.165, 1.54) is 0 Å². The van der Waals surface area contributed by atoms with Crippen molar-refractivity contribution in [2.24, 2.45) is 0 Å². The molecule has 1 heterocycles. The summed E-state index contributed by atoms with van der Waals surface area (Å²) in [4.78, 5) is 1.69. The van der Waals surface area contributed by atoms with E-state index in [0.29, 0.717) is 13.1 Å². The summed E-state index contributed by atoms with van der Waals surface area (Å²) in [6.07, 6.45) is -1.07. The van der Waals surface area contributed by atoms with Crippen molar-refractivity contribution in [1.29, 1.82) is 0 Å². The molecule has 0 aromatic heterocycles. The van der Waals surface area contributed by atoms with Crippen LogP contribution in [0.2, 0.25) is 0 Å². The van der Waals surface area contributed by atoms with Gasteiger partial charge in [-0.3, -0.25) is 4.90 Å². The van der Waals surface area contributed by atoms with Gasteiger partial charge in [0.05, 0.1) is 13.2 Å². The van der Waals surface area contributed by atoms with Crippen LogP contribution in [-0.2, 0) is 4.74 Å².